The Morgan fingerprint density at radius 2 is 1.95 bits per heavy atom. The molecule has 0 aliphatic rings. The number of para-hydroxylation sites is 1. The molecule has 0 aliphatic carbocycles. The van der Waals surface area contributed by atoms with Crippen molar-refractivity contribution in [2.24, 2.45) is 0 Å². The van der Waals surface area contributed by atoms with E-state index in [0.29, 0.717) is 35.9 Å². The third-order valence-electron chi connectivity index (χ3n) is 2.82. The van der Waals surface area contributed by atoms with Crippen molar-refractivity contribution in [3.05, 3.63) is 54.1 Å². The second kappa shape index (κ2) is 7.31. The van der Waals surface area contributed by atoms with E-state index in [1.54, 1.807) is 49.6 Å². The van der Waals surface area contributed by atoms with Gasteiger partial charge >= 0.3 is 0 Å². The number of carbonyl (C=O) groups is 1. The molecular formula is C16H18N2O3. The van der Waals surface area contributed by atoms with Crippen LogP contribution < -0.4 is 15.8 Å². The topological polar surface area (TPSA) is 73.6 Å². The van der Waals surface area contributed by atoms with Gasteiger partial charge in [0.2, 0.25) is 0 Å². The standard InChI is InChI=1S/C16H18N2O3/c1-20-9-10-21-15-8-3-2-7-14(15)16(19)18-13-6-4-5-12(17)11-13/h2-8,11H,9-10,17H2,1H3,(H,18,19). The van der Waals surface area contributed by atoms with E-state index in [0.717, 1.165) is 0 Å². The molecule has 1 amide bonds. The number of ether oxygens (including phenoxy) is 2. The molecule has 5 heteroatoms. The number of benzene rings is 2. The van der Waals surface area contributed by atoms with Crippen LogP contribution in [0.25, 0.3) is 0 Å². The summed E-state index contributed by atoms with van der Waals surface area (Å²) in [5.41, 5.74) is 7.40. The summed E-state index contributed by atoms with van der Waals surface area (Å²) < 4.78 is 10.5. The zero-order chi connectivity index (χ0) is 15.1. The molecule has 0 bridgehead atoms. The Labute approximate surface area is 123 Å². The van der Waals surface area contributed by atoms with Crippen molar-refractivity contribution in [1.82, 2.24) is 0 Å². The van der Waals surface area contributed by atoms with E-state index in [4.69, 9.17) is 15.2 Å². The summed E-state index contributed by atoms with van der Waals surface area (Å²) in [5, 5.41) is 2.80. The lowest BCUT2D eigenvalue weighted by Crippen LogP contribution is -2.14. The number of amides is 1. The van der Waals surface area contributed by atoms with Crippen molar-refractivity contribution in [3.8, 4) is 5.75 Å². The molecule has 0 fully saturated rings. The van der Waals surface area contributed by atoms with Crippen LogP contribution in [0.1, 0.15) is 10.4 Å². The maximum Gasteiger partial charge on any atom is 0.259 e. The number of rotatable bonds is 6. The molecule has 0 radical (unpaired) electrons. The minimum absolute atomic E-state index is 0.242. The van der Waals surface area contributed by atoms with Crippen LogP contribution in [-0.4, -0.2) is 26.2 Å². The van der Waals surface area contributed by atoms with E-state index in [1.165, 1.54) is 0 Å². The lowest BCUT2D eigenvalue weighted by Gasteiger charge is -2.11. The van der Waals surface area contributed by atoms with E-state index in [2.05, 4.69) is 5.32 Å². The SMILES string of the molecule is COCCOc1ccccc1C(=O)Nc1cccc(N)c1. The highest BCUT2D eigenvalue weighted by Crippen LogP contribution is 2.20. The van der Waals surface area contributed by atoms with Gasteiger partial charge in [0.1, 0.15) is 12.4 Å². The predicted octanol–water partition coefficient (Wildman–Crippen LogP) is 2.55. The Balaban J connectivity index is 2.11. The molecule has 110 valence electrons. The lowest BCUT2D eigenvalue weighted by atomic mass is 10.2. The molecule has 0 saturated carbocycles. The molecule has 0 aliphatic heterocycles. The largest absolute Gasteiger partial charge is 0.490 e. The van der Waals surface area contributed by atoms with Gasteiger partial charge in [-0.25, -0.2) is 0 Å². The Morgan fingerprint density at radius 1 is 1.14 bits per heavy atom. The van der Waals surface area contributed by atoms with E-state index < -0.39 is 0 Å². The fourth-order valence-electron chi connectivity index (χ4n) is 1.83. The molecule has 0 atom stereocenters. The second-order valence-corrected chi connectivity index (χ2v) is 4.42. The van der Waals surface area contributed by atoms with Crippen molar-refractivity contribution in [3.63, 3.8) is 0 Å². The van der Waals surface area contributed by atoms with E-state index in [-0.39, 0.29) is 5.91 Å². The minimum atomic E-state index is -0.242. The molecule has 0 spiro atoms. The first-order valence-corrected chi connectivity index (χ1v) is 6.58. The summed E-state index contributed by atoms with van der Waals surface area (Å²) >= 11 is 0. The highest BCUT2D eigenvalue weighted by atomic mass is 16.5. The lowest BCUT2D eigenvalue weighted by molar-refractivity contribution is 0.101. The second-order valence-electron chi connectivity index (χ2n) is 4.42. The van der Waals surface area contributed by atoms with Gasteiger partial charge < -0.3 is 20.5 Å². The Kier molecular flexibility index (Phi) is 5.17. The first-order chi connectivity index (χ1) is 10.2. The van der Waals surface area contributed by atoms with Crippen molar-refractivity contribution in [1.29, 1.82) is 0 Å². The number of nitrogen functional groups attached to an aromatic ring is 1. The van der Waals surface area contributed by atoms with E-state index >= 15 is 0 Å². The first kappa shape index (κ1) is 14.9. The summed E-state index contributed by atoms with van der Waals surface area (Å²) in [7, 11) is 1.60. The fourth-order valence-corrected chi connectivity index (χ4v) is 1.83. The number of hydrogen-bond acceptors (Lipinski definition) is 4. The summed E-state index contributed by atoms with van der Waals surface area (Å²) in [6, 6.07) is 14.1. The Morgan fingerprint density at radius 3 is 2.71 bits per heavy atom. The molecule has 21 heavy (non-hydrogen) atoms. The van der Waals surface area contributed by atoms with Crippen LogP contribution in [0.4, 0.5) is 11.4 Å². The number of methoxy groups -OCH3 is 1. The smallest absolute Gasteiger partial charge is 0.259 e. The number of hydrogen-bond donors (Lipinski definition) is 2. The third kappa shape index (κ3) is 4.22. The molecule has 2 rings (SSSR count). The maximum absolute atomic E-state index is 12.3. The number of nitrogens with one attached hydrogen (secondary N) is 1. The highest BCUT2D eigenvalue weighted by molar-refractivity contribution is 6.06. The van der Waals surface area contributed by atoms with Crippen LogP contribution in [0, 0.1) is 0 Å². The van der Waals surface area contributed by atoms with Gasteiger partial charge in [-0.1, -0.05) is 18.2 Å². The maximum atomic E-state index is 12.3. The molecule has 3 N–H and O–H groups in total. The van der Waals surface area contributed by atoms with Crippen LogP contribution in [0.3, 0.4) is 0 Å². The van der Waals surface area contributed by atoms with Gasteiger partial charge in [-0.05, 0) is 30.3 Å². The average Bonchev–Trinajstić information content (AvgIpc) is 2.48. The normalized spacial score (nSPS) is 10.1. The summed E-state index contributed by atoms with van der Waals surface area (Å²) in [5.74, 6) is 0.282. The summed E-state index contributed by atoms with van der Waals surface area (Å²) in [6.45, 7) is 0.851. The van der Waals surface area contributed by atoms with Gasteiger partial charge in [-0.3, -0.25) is 4.79 Å². The zero-order valence-electron chi connectivity index (χ0n) is 11.8. The zero-order valence-corrected chi connectivity index (χ0v) is 11.8. The molecule has 5 nitrogen and oxygen atoms in total. The van der Waals surface area contributed by atoms with Crippen LogP contribution >= 0.6 is 0 Å². The fraction of sp³-hybridized carbons (Fsp3) is 0.188. The molecule has 0 saturated heterocycles. The molecule has 2 aromatic rings. The van der Waals surface area contributed by atoms with Crippen molar-refractivity contribution in [2.75, 3.05) is 31.4 Å². The monoisotopic (exact) mass is 286 g/mol. The predicted molar refractivity (Wildman–Crippen MR) is 82.6 cm³/mol. The van der Waals surface area contributed by atoms with Gasteiger partial charge in [0.15, 0.2) is 0 Å². The molecule has 0 aromatic heterocycles. The third-order valence-corrected chi connectivity index (χ3v) is 2.82. The molecule has 0 unspecified atom stereocenters. The van der Waals surface area contributed by atoms with E-state index in [9.17, 15) is 4.79 Å². The van der Waals surface area contributed by atoms with Crippen molar-refractivity contribution in [2.45, 2.75) is 0 Å². The number of anilines is 2. The van der Waals surface area contributed by atoms with Crippen molar-refractivity contribution >= 4 is 17.3 Å². The van der Waals surface area contributed by atoms with Gasteiger partial charge in [0, 0.05) is 18.5 Å². The summed E-state index contributed by atoms with van der Waals surface area (Å²) in [6.07, 6.45) is 0. The van der Waals surface area contributed by atoms with Crippen LogP contribution in [0.15, 0.2) is 48.5 Å². The molecule has 2 aromatic carbocycles. The summed E-state index contributed by atoms with van der Waals surface area (Å²) in [4.78, 5) is 12.3. The molecular weight excluding hydrogens is 268 g/mol. The van der Waals surface area contributed by atoms with E-state index in [1.807, 2.05) is 6.07 Å². The Hall–Kier alpha value is -2.53. The first-order valence-electron chi connectivity index (χ1n) is 6.58. The minimum Gasteiger partial charge on any atom is -0.490 e. The average molecular weight is 286 g/mol. The van der Waals surface area contributed by atoms with Crippen LogP contribution in [0.2, 0.25) is 0 Å². The van der Waals surface area contributed by atoms with Crippen molar-refractivity contribution < 1.29 is 14.3 Å². The van der Waals surface area contributed by atoms with Gasteiger partial charge in [0.25, 0.3) is 5.91 Å². The number of carbonyl (C=O) groups excluding carboxylic acids is 1. The number of nitrogens with two attached hydrogens (primary N) is 1. The van der Waals surface area contributed by atoms with Gasteiger partial charge in [-0.2, -0.15) is 0 Å². The molecule has 0 heterocycles. The Bertz CT molecular complexity index is 614. The highest BCUT2D eigenvalue weighted by Gasteiger charge is 2.12. The van der Waals surface area contributed by atoms with Crippen LogP contribution in [-0.2, 0) is 4.74 Å². The van der Waals surface area contributed by atoms with Crippen LogP contribution in [0.5, 0.6) is 5.75 Å². The quantitative estimate of drug-likeness (QED) is 0.632. The van der Waals surface area contributed by atoms with Gasteiger partial charge in [-0.15, -0.1) is 0 Å². The van der Waals surface area contributed by atoms with Gasteiger partial charge in [0.05, 0.1) is 12.2 Å².